The van der Waals surface area contributed by atoms with Crippen LogP contribution in [0.2, 0.25) is 5.15 Å². The highest BCUT2D eigenvalue weighted by molar-refractivity contribution is 6.29. The fourth-order valence-electron chi connectivity index (χ4n) is 1.06. The van der Waals surface area contributed by atoms with Crippen molar-refractivity contribution in [1.29, 1.82) is 0 Å². The van der Waals surface area contributed by atoms with E-state index in [0.717, 1.165) is 12.1 Å². The third-order valence-corrected chi connectivity index (χ3v) is 1.87. The second kappa shape index (κ2) is 5.09. The Balaban J connectivity index is 2.41. The number of nitrogens with zero attached hydrogens (tertiary/aromatic N) is 2. The van der Waals surface area contributed by atoms with Gasteiger partial charge in [-0.15, -0.1) is 0 Å². The van der Waals surface area contributed by atoms with E-state index in [1.54, 1.807) is 12.4 Å². The van der Waals surface area contributed by atoms with Gasteiger partial charge < -0.3 is 0 Å². The molecule has 0 unspecified atom stereocenters. The standard InChI is InChI=1S/C9H13ClN2/c1-2-3-4-5-8-6-11-7-9(10)12-8/h6-7H,2-5H2,1H3. The zero-order valence-corrected chi connectivity index (χ0v) is 8.01. The molecule has 0 aliphatic carbocycles. The first-order valence-electron chi connectivity index (χ1n) is 4.29. The Bertz CT molecular complexity index is 238. The van der Waals surface area contributed by atoms with Crippen LogP contribution in [0.15, 0.2) is 12.4 Å². The lowest BCUT2D eigenvalue weighted by Gasteiger charge is -1.98. The third-order valence-electron chi connectivity index (χ3n) is 1.69. The van der Waals surface area contributed by atoms with Gasteiger partial charge in [0.2, 0.25) is 0 Å². The van der Waals surface area contributed by atoms with Gasteiger partial charge in [-0.25, -0.2) is 4.98 Å². The Morgan fingerprint density at radius 3 is 2.83 bits per heavy atom. The van der Waals surface area contributed by atoms with E-state index in [0.29, 0.717) is 5.15 Å². The average Bonchev–Trinajstić information content (AvgIpc) is 2.05. The molecule has 12 heavy (non-hydrogen) atoms. The van der Waals surface area contributed by atoms with Gasteiger partial charge in [0.15, 0.2) is 0 Å². The molecule has 66 valence electrons. The van der Waals surface area contributed by atoms with Crippen LogP contribution < -0.4 is 0 Å². The van der Waals surface area contributed by atoms with E-state index < -0.39 is 0 Å². The van der Waals surface area contributed by atoms with Gasteiger partial charge in [0.1, 0.15) is 5.15 Å². The molecule has 0 radical (unpaired) electrons. The van der Waals surface area contributed by atoms with Crippen molar-refractivity contribution < 1.29 is 0 Å². The number of aromatic nitrogens is 2. The molecule has 0 amide bonds. The monoisotopic (exact) mass is 184 g/mol. The van der Waals surface area contributed by atoms with E-state index in [9.17, 15) is 0 Å². The first-order valence-corrected chi connectivity index (χ1v) is 4.67. The summed E-state index contributed by atoms with van der Waals surface area (Å²) in [5.74, 6) is 0. The van der Waals surface area contributed by atoms with Crippen molar-refractivity contribution >= 4 is 11.6 Å². The Labute approximate surface area is 78.0 Å². The molecule has 2 nitrogen and oxygen atoms in total. The molecule has 0 aliphatic heterocycles. The molecule has 1 aromatic heterocycles. The second-order valence-electron chi connectivity index (χ2n) is 2.79. The molecule has 0 aliphatic rings. The molecule has 0 N–H and O–H groups in total. The Morgan fingerprint density at radius 1 is 1.33 bits per heavy atom. The van der Waals surface area contributed by atoms with E-state index in [1.165, 1.54) is 19.3 Å². The van der Waals surface area contributed by atoms with Gasteiger partial charge >= 0.3 is 0 Å². The number of rotatable bonds is 4. The highest BCUT2D eigenvalue weighted by atomic mass is 35.5. The minimum absolute atomic E-state index is 0.490. The summed E-state index contributed by atoms with van der Waals surface area (Å²) in [6, 6.07) is 0. The molecule has 1 rings (SSSR count). The Morgan fingerprint density at radius 2 is 2.17 bits per heavy atom. The zero-order valence-electron chi connectivity index (χ0n) is 7.26. The van der Waals surface area contributed by atoms with Crippen molar-refractivity contribution in [2.24, 2.45) is 0 Å². The van der Waals surface area contributed by atoms with Crippen molar-refractivity contribution in [3.63, 3.8) is 0 Å². The topological polar surface area (TPSA) is 25.8 Å². The summed E-state index contributed by atoms with van der Waals surface area (Å²) in [6.45, 7) is 2.18. The van der Waals surface area contributed by atoms with Crippen LogP contribution in [-0.4, -0.2) is 9.97 Å². The first-order chi connectivity index (χ1) is 5.83. The van der Waals surface area contributed by atoms with E-state index >= 15 is 0 Å². The van der Waals surface area contributed by atoms with Gasteiger partial charge in [-0.1, -0.05) is 31.4 Å². The predicted octanol–water partition coefficient (Wildman–Crippen LogP) is 2.86. The predicted molar refractivity (Wildman–Crippen MR) is 50.3 cm³/mol. The van der Waals surface area contributed by atoms with Gasteiger partial charge in [-0.3, -0.25) is 4.98 Å². The van der Waals surface area contributed by atoms with Crippen LogP contribution in [0.1, 0.15) is 31.9 Å². The summed E-state index contributed by atoms with van der Waals surface area (Å²) in [7, 11) is 0. The fraction of sp³-hybridized carbons (Fsp3) is 0.556. The van der Waals surface area contributed by atoms with Crippen LogP contribution in [0.4, 0.5) is 0 Å². The molecule has 1 heterocycles. The maximum Gasteiger partial charge on any atom is 0.147 e. The van der Waals surface area contributed by atoms with Crippen LogP contribution >= 0.6 is 11.6 Å². The van der Waals surface area contributed by atoms with E-state index in [1.807, 2.05) is 0 Å². The quantitative estimate of drug-likeness (QED) is 0.673. The molecular formula is C9H13ClN2. The Kier molecular flexibility index (Phi) is 4.01. The summed E-state index contributed by atoms with van der Waals surface area (Å²) in [5, 5.41) is 0.490. The number of halogens is 1. The summed E-state index contributed by atoms with van der Waals surface area (Å²) in [5.41, 5.74) is 0.996. The van der Waals surface area contributed by atoms with Crippen LogP contribution in [-0.2, 0) is 6.42 Å². The molecule has 1 aromatic rings. The summed E-state index contributed by atoms with van der Waals surface area (Å²) >= 11 is 5.68. The molecule has 0 saturated heterocycles. The highest BCUT2D eigenvalue weighted by Gasteiger charge is 1.95. The summed E-state index contributed by atoms with van der Waals surface area (Å²) in [4.78, 5) is 8.12. The van der Waals surface area contributed by atoms with Crippen LogP contribution in [0.5, 0.6) is 0 Å². The number of hydrogen-bond acceptors (Lipinski definition) is 2. The van der Waals surface area contributed by atoms with Crippen molar-refractivity contribution in [1.82, 2.24) is 9.97 Å². The van der Waals surface area contributed by atoms with Gasteiger partial charge in [-0.2, -0.15) is 0 Å². The largest absolute Gasteiger partial charge is 0.260 e. The van der Waals surface area contributed by atoms with Crippen molar-refractivity contribution in [2.45, 2.75) is 32.6 Å². The van der Waals surface area contributed by atoms with Gasteiger partial charge in [0, 0.05) is 6.20 Å². The van der Waals surface area contributed by atoms with E-state index in [-0.39, 0.29) is 0 Å². The maximum atomic E-state index is 5.68. The maximum absolute atomic E-state index is 5.68. The zero-order chi connectivity index (χ0) is 8.81. The molecule has 0 spiro atoms. The van der Waals surface area contributed by atoms with Gasteiger partial charge in [0.05, 0.1) is 11.9 Å². The van der Waals surface area contributed by atoms with Crippen molar-refractivity contribution in [3.8, 4) is 0 Å². The molecular weight excluding hydrogens is 172 g/mol. The fourth-order valence-corrected chi connectivity index (χ4v) is 1.22. The molecule has 0 aromatic carbocycles. The molecule has 0 fully saturated rings. The van der Waals surface area contributed by atoms with Crippen LogP contribution in [0.3, 0.4) is 0 Å². The minimum atomic E-state index is 0.490. The third kappa shape index (κ3) is 3.18. The average molecular weight is 185 g/mol. The lowest BCUT2D eigenvalue weighted by atomic mass is 10.2. The number of hydrogen-bond donors (Lipinski definition) is 0. The highest BCUT2D eigenvalue weighted by Crippen LogP contribution is 2.06. The first kappa shape index (κ1) is 9.46. The Hall–Kier alpha value is -0.630. The number of aryl methyl sites for hydroxylation is 1. The SMILES string of the molecule is CCCCCc1cncc(Cl)n1. The minimum Gasteiger partial charge on any atom is -0.260 e. The molecule has 3 heteroatoms. The van der Waals surface area contributed by atoms with Crippen LogP contribution in [0, 0.1) is 0 Å². The van der Waals surface area contributed by atoms with Crippen LogP contribution in [0.25, 0.3) is 0 Å². The lowest BCUT2D eigenvalue weighted by molar-refractivity contribution is 0.705. The van der Waals surface area contributed by atoms with Crippen molar-refractivity contribution in [3.05, 3.63) is 23.2 Å². The lowest BCUT2D eigenvalue weighted by Crippen LogP contribution is -1.91. The summed E-state index contributed by atoms with van der Waals surface area (Å²) in [6.07, 6.45) is 7.97. The smallest absolute Gasteiger partial charge is 0.147 e. The van der Waals surface area contributed by atoms with E-state index in [2.05, 4.69) is 16.9 Å². The molecule has 0 bridgehead atoms. The summed E-state index contributed by atoms with van der Waals surface area (Å²) < 4.78 is 0. The van der Waals surface area contributed by atoms with E-state index in [4.69, 9.17) is 11.6 Å². The molecule has 0 saturated carbocycles. The van der Waals surface area contributed by atoms with Gasteiger partial charge in [-0.05, 0) is 12.8 Å². The normalized spacial score (nSPS) is 10.2. The second-order valence-corrected chi connectivity index (χ2v) is 3.18. The number of unbranched alkanes of at least 4 members (excludes halogenated alkanes) is 2. The van der Waals surface area contributed by atoms with Crippen molar-refractivity contribution in [2.75, 3.05) is 0 Å². The van der Waals surface area contributed by atoms with Gasteiger partial charge in [0.25, 0.3) is 0 Å². The molecule has 0 atom stereocenters.